The topological polar surface area (TPSA) is 76.8 Å². The molecule has 0 radical (unpaired) electrons. The number of aldehydes is 1. The molecule has 1 fully saturated rings. The first-order valence-corrected chi connectivity index (χ1v) is 6.70. The summed E-state index contributed by atoms with van der Waals surface area (Å²) >= 11 is 0. The van der Waals surface area contributed by atoms with Gasteiger partial charge in [0.15, 0.2) is 6.29 Å². The number of nitrogens with zero attached hydrogens (tertiary/aromatic N) is 2. The minimum atomic E-state index is 0.118. The van der Waals surface area contributed by atoms with Crippen LogP contribution in [0.4, 0.5) is 0 Å². The molecule has 0 bridgehead atoms. The van der Waals surface area contributed by atoms with Crippen LogP contribution < -0.4 is 11.6 Å². The fourth-order valence-corrected chi connectivity index (χ4v) is 2.41. The molecule has 0 atom stereocenters. The number of nitrogens with two attached hydrogens (primary N) is 2. The lowest BCUT2D eigenvalue weighted by atomic mass is 10.2. The summed E-state index contributed by atoms with van der Waals surface area (Å²) in [5, 5.41) is 1.42. The summed E-state index contributed by atoms with van der Waals surface area (Å²) in [5.74, 6) is 6.54. The minimum absolute atomic E-state index is 0.118. The Morgan fingerprint density at radius 1 is 1.40 bits per heavy atom. The van der Waals surface area contributed by atoms with Crippen molar-refractivity contribution in [2.45, 2.75) is 25.3 Å². The van der Waals surface area contributed by atoms with E-state index in [-0.39, 0.29) is 5.70 Å². The van der Waals surface area contributed by atoms with Crippen molar-refractivity contribution < 1.29 is 4.79 Å². The lowest BCUT2D eigenvalue weighted by Crippen LogP contribution is -2.25. The van der Waals surface area contributed by atoms with Gasteiger partial charge in [0.05, 0.1) is 12.2 Å². The minimum Gasteiger partial charge on any atom is -0.395 e. The number of carbonyl (C=O) groups excluding carboxylic acids is 1. The van der Waals surface area contributed by atoms with Gasteiger partial charge < -0.3 is 15.1 Å². The van der Waals surface area contributed by atoms with Gasteiger partial charge in [-0.15, -0.1) is 0 Å². The fraction of sp³-hybridized carbons (Fsp3) is 0.267. The predicted molar refractivity (Wildman–Crippen MR) is 77.4 cm³/mol. The van der Waals surface area contributed by atoms with E-state index < -0.39 is 0 Å². The first-order chi connectivity index (χ1) is 9.65. The highest BCUT2D eigenvalue weighted by Gasteiger charge is 2.23. The Morgan fingerprint density at radius 3 is 2.90 bits per heavy atom. The maximum absolute atomic E-state index is 10.5. The number of allylic oxidation sites excluding steroid dienone is 1. The lowest BCUT2D eigenvalue weighted by molar-refractivity contribution is -0.105. The highest BCUT2D eigenvalue weighted by molar-refractivity contribution is 5.71. The number of hydrogen-bond donors (Lipinski definition) is 2. The molecule has 1 aliphatic rings. The second-order valence-electron chi connectivity index (χ2n) is 5.34. The Bertz CT molecular complexity index is 670. The molecule has 0 amide bonds. The second-order valence-corrected chi connectivity index (χ2v) is 5.34. The molecule has 2 heterocycles. The second kappa shape index (κ2) is 5.02. The van der Waals surface area contributed by atoms with Crippen LogP contribution in [0.1, 0.15) is 29.9 Å². The highest BCUT2D eigenvalue weighted by atomic mass is 16.1. The SMILES string of the molecule is N/C(C=O)=C\N(N)Cc1cc2ccc(C3CC3)cn2c1. The summed E-state index contributed by atoms with van der Waals surface area (Å²) in [6.07, 6.45) is 8.86. The molecule has 0 aliphatic heterocycles. The molecule has 1 aliphatic carbocycles. The predicted octanol–water partition coefficient (Wildman–Crippen LogP) is 1.49. The number of rotatable bonds is 5. The third-order valence-electron chi connectivity index (χ3n) is 3.54. The third-order valence-corrected chi connectivity index (χ3v) is 3.54. The van der Waals surface area contributed by atoms with E-state index in [1.165, 1.54) is 29.6 Å². The van der Waals surface area contributed by atoms with Gasteiger partial charge in [0, 0.05) is 24.1 Å². The fourth-order valence-electron chi connectivity index (χ4n) is 2.41. The molecule has 1 saturated carbocycles. The molecule has 3 rings (SSSR count). The monoisotopic (exact) mass is 270 g/mol. The normalized spacial score (nSPS) is 15.6. The average molecular weight is 270 g/mol. The van der Waals surface area contributed by atoms with Crippen LogP contribution in [0.5, 0.6) is 0 Å². The standard InChI is InChI=1S/C15H18N4O/c16-14(10-20)9-19(17)7-11-5-15-4-3-13(12-1-2-12)8-18(15)6-11/h3-6,8-10,12H,1-2,7,16-17H2/b14-9-. The van der Waals surface area contributed by atoms with Crippen molar-refractivity contribution in [2.75, 3.05) is 0 Å². The molecule has 104 valence electrons. The molecule has 0 aromatic carbocycles. The molecule has 0 spiro atoms. The Hall–Kier alpha value is -2.27. The first-order valence-electron chi connectivity index (χ1n) is 6.70. The van der Waals surface area contributed by atoms with Gasteiger partial charge in [-0.3, -0.25) is 4.79 Å². The number of aromatic nitrogens is 1. The number of pyridine rings is 1. The molecule has 5 heteroatoms. The first kappa shape index (κ1) is 12.7. The summed E-state index contributed by atoms with van der Waals surface area (Å²) in [7, 11) is 0. The number of fused-ring (bicyclic) bond motifs is 1. The Labute approximate surface area is 117 Å². The molecule has 2 aromatic heterocycles. The van der Waals surface area contributed by atoms with Gasteiger partial charge in [0.1, 0.15) is 0 Å². The summed E-state index contributed by atoms with van der Waals surface area (Å²) in [5.41, 5.74) is 9.17. The zero-order valence-corrected chi connectivity index (χ0v) is 11.2. The van der Waals surface area contributed by atoms with Crippen LogP contribution in [0.15, 0.2) is 42.5 Å². The molecular formula is C15H18N4O. The molecule has 0 saturated heterocycles. The highest BCUT2D eigenvalue weighted by Crippen LogP contribution is 2.40. The summed E-state index contributed by atoms with van der Waals surface area (Å²) in [6, 6.07) is 6.41. The van der Waals surface area contributed by atoms with E-state index in [0.717, 1.165) is 17.0 Å². The van der Waals surface area contributed by atoms with Crippen molar-refractivity contribution in [3.63, 3.8) is 0 Å². The van der Waals surface area contributed by atoms with Crippen LogP contribution in [0.3, 0.4) is 0 Å². The van der Waals surface area contributed by atoms with E-state index in [1.54, 1.807) is 0 Å². The molecule has 5 nitrogen and oxygen atoms in total. The van der Waals surface area contributed by atoms with Crippen molar-refractivity contribution in [2.24, 2.45) is 11.6 Å². The molecule has 4 N–H and O–H groups in total. The van der Waals surface area contributed by atoms with Gasteiger partial charge in [-0.1, -0.05) is 6.07 Å². The Morgan fingerprint density at radius 2 is 2.20 bits per heavy atom. The Balaban J connectivity index is 1.80. The summed E-state index contributed by atoms with van der Waals surface area (Å²) in [4.78, 5) is 10.5. The molecule has 20 heavy (non-hydrogen) atoms. The van der Waals surface area contributed by atoms with E-state index in [4.69, 9.17) is 11.6 Å². The van der Waals surface area contributed by atoms with Crippen LogP contribution in [0.2, 0.25) is 0 Å². The van der Waals surface area contributed by atoms with Crippen LogP contribution in [0.25, 0.3) is 5.52 Å². The summed E-state index contributed by atoms with van der Waals surface area (Å²) < 4.78 is 2.13. The Kier molecular flexibility index (Phi) is 3.20. The van der Waals surface area contributed by atoms with E-state index in [9.17, 15) is 4.79 Å². The number of carbonyl (C=O) groups is 1. The smallest absolute Gasteiger partial charge is 0.167 e. The van der Waals surface area contributed by atoms with E-state index in [2.05, 4.69) is 35.0 Å². The van der Waals surface area contributed by atoms with Crippen molar-refractivity contribution >= 4 is 11.8 Å². The van der Waals surface area contributed by atoms with Gasteiger partial charge in [-0.25, -0.2) is 5.84 Å². The van der Waals surface area contributed by atoms with Gasteiger partial charge in [-0.2, -0.15) is 0 Å². The van der Waals surface area contributed by atoms with Crippen molar-refractivity contribution in [1.29, 1.82) is 0 Å². The molecule has 0 unspecified atom stereocenters. The van der Waals surface area contributed by atoms with E-state index in [0.29, 0.717) is 12.8 Å². The van der Waals surface area contributed by atoms with Crippen molar-refractivity contribution in [1.82, 2.24) is 9.41 Å². The van der Waals surface area contributed by atoms with Gasteiger partial charge in [-0.05, 0) is 42.0 Å². The third kappa shape index (κ3) is 2.67. The summed E-state index contributed by atoms with van der Waals surface area (Å²) in [6.45, 7) is 0.509. The van der Waals surface area contributed by atoms with Crippen LogP contribution in [0, 0.1) is 0 Å². The average Bonchev–Trinajstić information content (AvgIpc) is 3.19. The van der Waals surface area contributed by atoms with Crippen molar-refractivity contribution in [3.8, 4) is 0 Å². The van der Waals surface area contributed by atoms with Crippen LogP contribution >= 0.6 is 0 Å². The van der Waals surface area contributed by atoms with Crippen molar-refractivity contribution in [3.05, 3.63) is 53.6 Å². The van der Waals surface area contributed by atoms with Crippen LogP contribution in [-0.2, 0) is 11.3 Å². The van der Waals surface area contributed by atoms with E-state index in [1.807, 2.05) is 0 Å². The zero-order chi connectivity index (χ0) is 14.1. The van der Waals surface area contributed by atoms with Gasteiger partial charge >= 0.3 is 0 Å². The lowest BCUT2D eigenvalue weighted by Gasteiger charge is -2.12. The maximum atomic E-state index is 10.5. The quantitative estimate of drug-likeness (QED) is 0.373. The maximum Gasteiger partial charge on any atom is 0.167 e. The zero-order valence-electron chi connectivity index (χ0n) is 11.2. The number of hydrogen-bond acceptors (Lipinski definition) is 4. The van der Waals surface area contributed by atoms with Crippen LogP contribution in [-0.4, -0.2) is 15.7 Å². The van der Waals surface area contributed by atoms with Gasteiger partial charge in [0.25, 0.3) is 0 Å². The van der Waals surface area contributed by atoms with E-state index >= 15 is 0 Å². The number of hydrazine groups is 1. The van der Waals surface area contributed by atoms with Gasteiger partial charge in [0.2, 0.25) is 0 Å². The largest absolute Gasteiger partial charge is 0.395 e. The molecular weight excluding hydrogens is 252 g/mol. The molecule has 2 aromatic rings.